The molecule has 0 bridgehead atoms. The van der Waals surface area contributed by atoms with Gasteiger partial charge < -0.3 is 9.55 Å². The zero-order valence-corrected chi connectivity index (χ0v) is 17.3. The van der Waals surface area contributed by atoms with Crippen LogP contribution in [-0.4, -0.2) is 39.7 Å². The smallest absolute Gasteiger partial charge is 0.159 e. The minimum Gasteiger partial charge on any atom is -0.336 e. The van der Waals surface area contributed by atoms with Crippen LogP contribution in [0, 0.1) is 12.7 Å². The van der Waals surface area contributed by atoms with Crippen molar-refractivity contribution in [3.05, 3.63) is 66.6 Å². The van der Waals surface area contributed by atoms with Gasteiger partial charge in [-0.15, -0.1) is 0 Å². The average molecular weight is 424 g/mol. The Morgan fingerprint density at radius 1 is 0.969 bits per heavy atom. The molecule has 5 heterocycles. The Balaban J connectivity index is 1.53. The number of aromatic nitrogens is 8. The van der Waals surface area contributed by atoms with E-state index >= 15 is 0 Å². The van der Waals surface area contributed by atoms with Gasteiger partial charge in [0.2, 0.25) is 0 Å². The van der Waals surface area contributed by atoms with Gasteiger partial charge in [-0.2, -0.15) is 5.10 Å². The molecule has 0 atom stereocenters. The number of benzene rings is 1. The summed E-state index contributed by atoms with van der Waals surface area (Å²) in [4.78, 5) is 21.3. The molecular formula is C23H17FN8. The lowest BCUT2D eigenvalue weighted by atomic mass is 10.1. The highest BCUT2D eigenvalue weighted by atomic mass is 19.1. The van der Waals surface area contributed by atoms with Crippen LogP contribution in [0.3, 0.4) is 0 Å². The summed E-state index contributed by atoms with van der Waals surface area (Å²) < 4.78 is 16.4. The van der Waals surface area contributed by atoms with Crippen LogP contribution in [0.15, 0.2) is 55.0 Å². The second kappa shape index (κ2) is 6.81. The first-order chi connectivity index (χ1) is 15.6. The fourth-order valence-electron chi connectivity index (χ4n) is 3.88. The lowest BCUT2D eigenvalue weighted by Gasteiger charge is -2.03. The van der Waals surface area contributed by atoms with Gasteiger partial charge in [-0.1, -0.05) is 12.1 Å². The number of halogens is 1. The molecule has 6 rings (SSSR count). The summed E-state index contributed by atoms with van der Waals surface area (Å²) in [6, 6.07) is 10.3. The number of pyridine rings is 2. The summed E-state index contributed by atoms with van der Waals surface area (Å²) in [7, 11) is 1.95. The molecule has 9 heteroatoms. The largest absolute Gasteiger partial charge is 0.336 e. The molecule has 0 saturated carbocycles. The minimum atomic E-state index is -0.343. The van der Waals surface area contributed by atoms with Crippen molar-refractivity contribution in [2.24, 2.45) is 7.05 Å². The van der Waals surface area contributed by atoms with E-state index in [0.29, 0.717) is 28.3 Å². The standard InChI is InChI=1S/C23H17FN8/c1-12-26-11-19(32(12)2)17-9-14-18(10-27-17)30-31-21(14)23-28-16-7-8-25-20(22(16)29-23)13-5-3-4-6-15(13)24/h3-11H,1-2H3,(H,28,29)(H,30,31). The van der Waals surface area contributed by atoms with E-state index in [1.807, 2.05) is 30.7 Å². The third kappa shape index (κ3) is 2.71. The summed E-state index contributed by atoms with van der Waals surface area (Å²) >= 11 is 0. The first kappa shape index (κ1) is 18.4. The molecule has 0 saturated heterocycles. The Kier molecular flexibility index (Phi) is 3.91. The SMILES string of the molecule is Cc1ncc(-c2cc3c(-c4nc5c(-c6ccccc6F)nccc5[nH]4)n[nH]c3cn2)n1C. The molecule has 6 aromatic rings. The molecule has 0 aliphatic rings. The number of nitrogens with one attached hydrogen (secondary N) is 2. The van der Waals surface area contributed by atoms with Gasteiger partial charge in [0.05, 0.1) is 34.8 Å². The lowest BCUT2D eigenvalue weighted by molar-refractivity contribution is 0.631. The van der Waals surface area contributed by atoms with Gasteiger partial charge in [-0.25, -0.2) is 14.4 Å². The van der Waals surface area contributed by atoms with Crippen LogP contribution in [0.1, 0.15) is 5.82 Å². The van der Waals surface area contributed by atoms with Gasteiger partial charge in [0, 0.05) is 24.2 Å². The molecule has 0 aliphatic carbocycles. The number of H-pyrrole nitrogens is 2. The van der Waals surface area contributed by atoms with E-state index in [1.165, 1.54) is 6.07 Å². The maximum atomic E-state index is 14.4. The van der Waals surface area contributed by atoms with Gasteiger partial charge in [0.1, 0.15) is 28.5 Å². The third-order valence-corrected chi connectivity index (χ3v) is 5.68. The molecule has 1 aromatic carbocycles. The Morgan fingerprint density at radius 2 is 1.84 bits per heavy atom. The van der Waals surface area contributed by atoms with Gasteiger partial charge in [-0.05, 0) is 31.2 Å². The molecule has 5 aromatic heterocycles. The zero-order chi connectivity index (χ0) is 21.8. The van der Waals surface area contributed by atoms with Gasteiger partial charge in [0.15, 0.2) is 5.82 Å². The highest BCUT2D eigenvalue weighted by Crippen LogP contribution is 2.32. The van der Waals surface area contributed by atoms with Crippen LogP contribution < -0.4 is 0 Å². The minimum absolute atomic E-state index is 0.343. The number of fused-ring (bicyclic) bond motifs is 2. The van der Waals surface area contributed by atoms with Crippen LogP contribution in [0.2, 0.25) is 0 Å². The first-order valence-electron chi connectivity index (χ1n) is 10.0. The molecule has 0 fully saturated rings. The Hall–Kier alpha value is -4.40. The number of rotatable bonds is 3. The highest BCUT2D eigenvalue weighted by molar-refractivity contribution is 5.96. The van der Waals surface area contributed by atoms with Crippen molar-refractivity contribution in [3.63, 3.8) is 0 Å². The van der Waals surface area contributed by atoms with Crippen molar-refractivity contribution in [2.75, 3.05) is 0 Å². The van der Waals surface area contributed by atoms with E-state index in [4.69, 9.17) is 4.98 Å². The van der Waals surface area contributed by atoms with E-state index in [0.717, 1.165) is 33.6 Å². The molecule has 8 nitrogen and oxygen atoms in total. The normalized spacial score (nSPS) is 11.6. The second-order valence-corrected chi connectivity index (χ2v) is 7.56. The highest BCUT2D eigenvalue weighted by Gasteiger charge is 2.18. The number of aromatic amines is 2. The van der Waals surface area contributed by atoms with Crippen molar-refractivity contribution in [3.8, 4) is 34.2 Å². The first-order valence-corrected chi connectivity index (χ1v) is 10.0. The monoisotopic (exact) mass is 424 g/mol. The van der Waals surface area contributed by atoms with E-state index in [1.54, 1.807) is 36.8 Å². The van der Waals surface area contributed by atoms with Crippen LogP contribution in [0.4, 0.5) is 4.39 Å². The van der Waals surface area contributed by atoms with Crippen LogP contribution in [-0.2, 0) is 7.05 Å². The predicted octanol–water partition coefficient (Wildman–Crippen LogP) is 4.41. The van der Waals surface area contributed by atoms with E-state index in [2.05, 4.69) is 30.1 Å². The summed E-state index contributed by atoms with van der Waals surface area (Å²) in [6.07, 6.45) is 5.19. The predicted molar refractivity (Wildman–Crippen MR) is 119 cm³/mol. The number of hydrogen-bond acceptors (Lipinski definition) is 5. The molecular weight excluding hydrogens is 407 g/mol. The zero-order valence-electron chi connectivity index (χ0n) is 17.3. The molecule has 2 N–H and O–H groups in total. The van der Waals surface area contributed by atoms with E-state index < -0.39 is 0 Å². The summed E-state index contributed by atoms with van der Waals surface area (Å²) in [5.41, 5.74) is 5.35. The van der Waals surface area contributed by atoms with Crippen molar-refractivity contribution in [1.29, 1.82) is 0 Å². The summed E-state index contributed by atoms with van der Waals surface area (Å²) in [5.74, 6) is 1.12. The Bertz CT molecular complexity index is 1620. The van der Waals surface area contributed by atoms with Gasteiger partial charge in [0.25, 0.3) is 0 Å². The molecule has 0 amide bonds. The molecule has 0 unspecified atom stereocenters. The van der Waals surface area contributed by atoms with Crippen LogP contribution in [0.25, 0.3) is 56.1 Å². The fourth-order valence-corrected chi connectivity index (χ4v) is 3.88. The lowest BCUT2D eigenvalue weighted by Crippen LogP contribution is -1.95. The quantitative estimate of drug-likeness (QED) is 0.438. The summed E-state index contributed by atoms with van der Waals surface area (Å²) in [5, 5.41) is 8.35. The topological polar surface area (TPSA) is 101 Å². The number of hydrogen-bond donors (Lipinski definition) is 2. The third-order valence-electron chi connectivity index (χ3n) is 5.68. The van der Waals surface area contributed by atoms with Crippen LogP contribution in [0.5, 0.6) is 0 Å². The molecule has 0 aliphatic heterocycles. The van der Waals surface area contributed by atoms with Crippen molar-refractivity contribution in [1.82, 2.24) is 39.7 Å². The molecule has 156 valence electrons. The Morgan fingerprint density at radius 3 is 2.66 bits per heavy atom. The molecule has 0 radical (unpaired) electrons. The number of aryl methyl sites for hydroxylation is 1. The Labute approximate surface area is 181 Å². The summed E-state index contributed by atoms with van der Waals surface area (Å²) in [6.45, 7) is 1.95. The maximum Gasteiger partial charge on any atom is 0.159 e. The molecule has 0 spiro atoms. The van der Waals surface area contributed by atoms with Crippen molar-refractivity contribution < 1.29 is 4.39 Å². The fraction of sp³-hybridized carbons (Fsp3) is 0.0870. The second-order valence-electron chi connectivity index (χ2n) is 7.56. The van der Waals surface area contributed by atoms with Gasteiger partial charge >= 0.3 is 0 Å². The maximum absolute atomic E-state index is 14.4. The van der Waals surface area contributed by atoms with E-state index in [9.17, 15) is 4.39 Å². The van der Waals surface area contributed by atoms with Crippen molar-refractivity contribution >= 4 is 21.9 Å². The van der Waals surface area contributed by atoms with Crippen molar-refractivity contribution in [2.45, 2.75) is 6.92 Å². The molecule has 32 heavy (non-hydrogen) atoms. The van der Waals surface area contributed by atoms with E-state index in [-0.39, 0.29) is 5.82 Å². The number of nitrogens with zero attached hydrogens (tertiary/aromatic N) is 6. The van der Waals surface area contributed by atoms with Crippen LogP contribution >= 0.6 is 0 Å². The number of imidazole rings is 2. The van der Waals surface area contributed by atoms with Gasteiger partial charge in [-0.3, -0.25) is 15.1 Å². The average Bonchev–Trinajstić information content (AvgIpc) is 3.50.